The Hall–Kier alpha value is -2.37. The van der Waals surface area contributed by atoms with E-state index in [4.69, 9.17) is 5.73 Å². The Morgan fingerprint density at radius 3 is 2.69 bits per heavy atom. The fourth-order valence-electron chi connectivity index (χ4n) is 2.80. The molecule has 2 heterocycles. The molecule has 7 nitrogen and oxygen atoms in total. The Morgan fingerprint density at radius 1 is 1.38 bits per heavy atom. The number of allylic oxidation sites excluding steroid dienone is 1. The third kappa shape index (κ3) is 3.20. The molecule has 0 bridgehead atoms. The van der Waals surface area contributed by atoms with E-state index in [-0.39, 0.29) is 12.1 Å². The zero-order valence-corrected chi connectivity index (χ0v) is 14.3. The highest BCUT2D eigenvalue weighted by Crippen LogP contribution is 2.36. The number of fused-ring (bicyclic) bond motifs is 1. The molecule has 1 aliphatic heterocycles. The van der Waals surface area contributed by atoms with E-state index in [0.29, 0.717) is 22.1 Å². The first-order chi connectivity index (χ1) is 12.1. The molecule has 2 aromatic rings. The molecule has 0 fully saturated rings. The molecule has 1 amide bonds. The Kier molecular flexibility index (Phi) is 4.54. The van der Waals surface area contributed by atoms with Crippen molar-refractivity contribution in [2.45, 2.75) is 25.2 Å². The molecule has 0 saturated heterocycles. The van der Waals surface area contributed by atoms with Gasteiger partial charge < -0.3 is 20.8 Å². The zero-order chi connectivity index (χ0) is 19.2. The summed E-state index contributed by atoms with van der Waals surface area (Å²) in [6.45, 7) is 0. The van der Waals surface area contributed by atoms with Gasteiger partial charge in [-0.1, -0.05) is 0 Å². The molecule has 26 heavy (non-hydrogen) atoms. The maximum absolute atomic E-state index is 13.0. The number of rotatable bonds is 3. The van der Waals surface area contributed by atoms with Crippen molar-refractivity contribution in [3.63, 3.8) is 0 Å². The number of alkyl halides is 3. The molecule has 3 rings (SSSR count). The van der Waals surface area contributed by atoms with Crippen LogP contribution in [-0.4, -0.2) is 51.2 Å². The summed E-state index contributed by atoms with van der Waals surface area (Å²) in [5.74, 6) is -0.571. The second-order valence-corrected chi connectivity index (χ2v) is 6.59. The van der Waals surface area contributed by atoms with Gasteiger partial charge in [0.2, 0.25) is 12.3 Å². The highest BCUT2D eigenvalue weighted by atomic mass is 32.1. The predicted octanol–water partition coefficient (Wildman–Crippen LogP) is 1.12. The summed E-state index contributed by atoms with van der Waals surface area (Å²) in [6.07, 6.45) is -7.62. The van der Waals surface area contributed by atoms with Crippen molar-refractivity contribution in [3.05, 3.63) is 35.7 Å². The van der Waals surface area contributed by atoms with Gasteiger partial charge in [0.05, 0.1) is 16.8 Å². The van der Waals surface area contributed by atoms with E-state index in [1.165, 1.54) is 0 Å². The molecule has 2 unspecified atom stereocenters. The van der Waals surface area contributed by atoms with Gasteiger partial charge >= 0.3 is 6.18 Å². The average Bonchev–Trinajstić information content (AvgIpc) is 2.92. The van der Waals surface area contributed by atoms with Crippen LogP contribution in [0, 0.1) is 0 Å². The molecule has 4 N–H and O–H groups in total. The Bertz CT molecular complexity index is 883. The van der Waals surface area contributed by atoms with Crippen molar-refractivity contribution < 1.29 is 28.2 Å². The molecule has 0 spiro atoms. The molecular formula is C15H15F3N4O3S. The quantitative estimate of drug-likeness (QED) is 0.728. The lowest BCUT2D eigenvalue weighted by Crippen LogP contribution is -2.56. The molecule has 0 saturated carbocycles. The molecule has 1 aliphatic rings. The van der Waals surface area contributed by atoms with Crippen molar-refractivity contribution in [1.29, 1.82) is 0 Å². The number of carbonyl (C=O) groups is 1. The molecule has 2 atom stereocenters. The summed E-state index contributed by atoms with van der Waals surface area (Å²) >= 11 is 1.14. The number of hydrogen-bond acceptors (Lipinski definition) is 7. The van der Waals surface area contributed by atoms with E-state index in [0.717, 1.165) is 28.2 Å². The summed E-state index contributed by atoms with van der Waals surface area (Å²) in [5, 5.41) is 21.0. The SMILES string of the molecule is CN1C(C(F)(F)F)=CC(O)N(c2ccc3snc(CC(N)=O)c3c2)C1O. The van der Waals surface area contributed by atoms with E-state index in [2.05, 4.69) is 4.37 Å². The molecule has 1 aromatic heterocycles. The normalized spacial score (nSPS) is 21.2. The van der Waals surface area contributed by atoms with Crippen LogP contribution in [-0.2, 0) is 11.2 Å². The highest BCUT2D eigenvalue weighted by Gasteiger charge is 2.44. The second-order valence-electron chi connectivity index (χ2n) is 5.78. The van der Waals surface area contributed by atoms with Gasteiger partial charge in [-0.25, -0.2) is 0 Å². The minimum absolute atomic E-state index is 0.0907. The predicted molar refractivity (Wildman–Crippen MR) is 88.9 cm³/mol. The van der Waals surface area contributed by atoms with Gasteiger partial charge in [0, 0.05) is 18.1 Å². The van der Waals surface area contributed by atoms with Gasteiger partial charge in [-0.15, -0.1) is 0 Å². The van der Waals surface area contributed by atoms with Crippen molar-refractivity contribution in [2.75, 3.05) is 11.9 Å². The van der Waals surface area contributed by atoms with Crippen LogP contribution in [0.4, 0.5) is 18.9 Å². The Labute approximate surface area is 149 Å². The number of aliphatic hydroxyl groups excluding tert-OH is 2. The third-order valence-electron chi connectivity index (χ3n) is 4.03. The second kappa shape index (κ2) is 6.41. The number of nitrogens with zero attached hydrogens (tertiary/aromatic N) is 3. The number of aliphatic hydroxyl groups is 2. The zero-order valence-electron chi connectivity index (χ0n) is 13.4. The lowest BCUT2D eigenvalue weighted by atomic mass is 10.1. The van der Waals surface area contributed by atoms with Crippen molar-refractivity contribution in [3.8, 4) is 0 Å². The fourth-order valence-corrected chi connectivity index (χ4v) is 3.57. The van der Waals surface area contributed by atoms with Crippen LogP contribution in [0.2, 0.25) is 0 Å². The van der Waals surface area contributed by atoms with Crippen LogP contribution in [0.15, 0.2) is 30.0 Å². The summed E-state index contributed by atoms with van der Waals surface area (Å²) in [6, 6.07) is 4.74. The summed E-state index contributed by atoms with van der Waals surface area (Å²) in [4.78, 5) is 12.8. The van der Waals surface area contributed by atoms with Gasteiger partial charge in [0.15, 0.2) is 6.23 Å². The minimum Gasteiger partial charge on any atom is -0.370 e. The van der Waals surface area contributed by atoms with Gasteiger partial charge in [0.25, 0.3) is 0 Å². The molecule has 0 radical (unpaired) electrons. The van der Waals surface area contributed by atoms with E-state index in [1.807, 2.05) is 0 Å². The monoisotopic (exact) mass is 388 g/mol. The van der Waals surface area contributed by atoms with Gasteiger partial charge in [-0.2, -0.15) is 17.5 Å². The number of benzene rings is 1. The molecule has 1 aromatic carbocycles. The number of nitrogens with two attached hydrogens (primary N) is 1. The third-order valence-corrected chi connectivity index (χ3v) is 4.89. The first-order valence-corrected chi connectivity index (χ1v) is 8.20. The first kappa shape index (κ1) is 18.4. The number of aromatic nitrogens is 1. The molecular weight excluding hydrogens is 373 g/mol. The molecule has 140 valence electrons. The number of halogens is 3. The largest absolute Gasteiger partial charge is 0.431 e. The summed E-state index contributed by atoms with van der Waals surface area (Å²) in [7, 11) is 1.08. The lowest BCUT2D eigenvalue weighted by molar-refractivity contribution is -0.133. The Balaban J connectivity index is 2.03. The van der Waals surface area contributed by atoms with Crippen LogP contribution in [0.1, 0.15) is 5.69 Å². The van der Waals surface area contributed by atoms with E-state index >= 15 is 0 Å². The maximum atomic E-state index is 13.0. The van der Waals surface area contributed by atoms with E-state index < -0.39 is 30.4 Å². The Morgan fingerprint density at radius 2 is 2.08 bits per heavy atom. The maximum Gasteiger partial charge on any atom is 0.431 e. The van der Waals surface area contributed by atoms with Crippen LogP contribution in [0.5, 0.6) is 0 Å². The molecule has 11 heteroatoms. The first-order valence-electron chi connectivity index (χ1n) is 7.42. The number of carbonyl (C=O) groups excluding carboxylic acids is 1. The van der Waals surface area contributed by atoms with Gasteiger partial charge in [-0.3, -0.25) is 9.69 Å². The number of amides is 1. The molecule has 0 aliphatic carbocycles. The smallest absolute Gasteiger partial charge is 0.370 e. The van der Waals surface area contributed by atoms with Gasteiger partial charge in [0.1, 0.15) is 5.70 Å². The van der Waals surface area contributed by atoms with Gasteiger partial charge in [-0.05, 0) is 35.8 Å². The van der Waals surface area contributed by atoms with Crippen LogP contribution in [0.3, 0.4) is 0 Å². The standard InChI is InChI=1S/C15H15F3N4O3S/c1-21-11(15(16,17)18)6-13(24)22(14(21)25)7-2-3-10-8(4-7)9(20-26-10)5-12(19)23/h2-4,6,13-14,24-25H,5H2,1H3,(H2,19,23). The number of primary amides is 1. The average molecular weight is 388 g/mol. The van der Waals surface area contributed by atoms with Crippen LogP contribution < -0.4 is 10.6 Å². The van der Waals surface area contributed by atoms with Crippen molar-refractivity contribution in [1.82, 2.24) is 9.27 Å². The summed E-state index contributed by atoms with van der Waals surface area (Å²) in [5.41, 5.74) is 4.75. The summed E-state index contributed by atoms with van der Waals surface area (Å²) < 4.78 is 43.9. The van der Waals surface area contributed by atoms with Crippen LogP contribution >= 0.6 is 11.5 Å². The highest BCUT2D eigenvalue weighted by molar-refractivity contribution is 7.13. The fraction of sp³-hybridized carbons (Fsp3) is 0.333. The van der Waals surface area contributed by atoms with Crippen LogP contribution in [0.25, 0.3) is 10.1 Å². The topological polar surface area (TPSA) is 103 Å². The number of anilines is 1. The lowest BCUT2D eigenvalue weighted by Gasteiger charge is -2.43. The van der Waals surface area contributed by atoms with Crippen molar-refractivity contribution in [2.24, 2.45) is 5.73 Å². The minimum atomic E-state index is -4.71. The van der Waals surface area contributed by atoms with E-state index in [9.17, 15) is 28.2 Å². The number of hydrogen-bond donors (Lipinski definition) is 3. The van der Waals surface area contributed by atoms with E-state index in [1.54, 1.807) is 18.2 Å². The van der Waals surface area contributed by atoms with Crippen molar-refractivity contribution >= 4 is 33.2 Å².